The fourth-order valence-corrected chi connectivity index (χ4v) is 4.66. The Morgan fingerprint density at radius 1 is 0.971 bits per heavy atom. The quantitative estimate of drug-likeness (QED) is 0.415. The number of rotatable bonds is 12. The van der Waals surface area contributed by atoms with Crippen LogP contribution in [0, 0.1) is 0 Å². The molecule has 2 amide bonds. The van der Waals surface area contributed by atoms with Gasteiger partial charge < -0.3 is 10.2 Å². The first-order chi connectivity index (χ1) is 16.4. The number of carbonyl (C=O) groups excluding carboxylic acids is 2. The summed E-state index contributed by atoms with van der Waals surface area (Å²) in [5.74, 6) is -0.475. The zero-order valence-corrected chi connectivity index (χ0v) is 22.8. The predicted octanol–water partition coefficient (Wildman–Crippen LogP) is 4.87. The van der Waals surface area contributed by atoms with E-state index in [1.807, 2.05) is 26.0 Å². The van der Waals surface area contributed by atoms with E-state index in [1.54, 1.807) is 43.3 Å². The van der Waals surface area contributed by atoms with E-state index in [0.717, 1.165) is 18.2 Å². The molecule has 0 unspecified atom stereocenters. The number of nitrogens with one attached hydrogen (secondary N) is 1. The maximum absolute atomic E-state index is 13.3. The van der Waals surface area contributed by atoms with Crippen molar-refractivity contribution in [3.63, 3.8) is 0 Å². The lowest BCUT2D eigenvalue weighted by molar-refractivity contribution is -0.140. The first-order valence-electron chi connectivity index (χ1n) is 11.5. The summed E-state index contributed by atoms with van der Waals surface area (Å²) in [6.45, 7) is 5.93. The molecule has 1 N–H and O–H groups in total. The largest absolute Gasteiger partial charge is 0.352 e. The molecule has 10 heteroatoms. The summed E-state index contributed by atoms with van der Waals surface area (Å²) in [6.07, 6.45) is 2.26. The number of benzene rings is 2. The third kappa shape index (κ3) is 9.02. The summed E-state index contributed by atoms with van der Waals surface area (Å²) in [4.78, 5) is 27.6. The summed E-state index contributed by atoms with van der Waals surface area (Å²) in [6, 6.07) is 12.9. The van der Waals surface area contributed by atoms with Crippen molar-refractivity contribution in [3.8, 4) is 0 Å². The lowest BCUT2D eigenvalue weighted by atomic mass is 10.1. The van der Waals surface area contributed by atoms with E-state index < -0.39 is 16.1 Å². The lowest BCUT2D eigenvalue weighted by Crippen LogP contribution is -2.49. The van der Waals surface area contributed by atoms with E-state index in [4.69, 9.17) is 23.2 Å². The van der Waals surface area contributed by atoms with Gasteiger partial charge in [-0.1, -0.05) is 42.3 Å². The molecule has 0 bridgehead atoms. The molecular formula is C25H33Cl2N3O4S. The molecule has 0 heterocycles. The van der Waals surface area contributed by atoms with E-state index in [2.05, 4.69) is 5.32 Å². The van der Waals surface area contributed by atoms with Crippen LogP contribution >= 0.6 is 23.2 Å². The summed E-state index contributed by atoms with van der Waals surface area (Å²) in [5, 5.41) is 4.01. The maximum atomic E-state index is 13.3. The smallest absolute Gasteiger partial charge is 0.242 e. The van der Waals surface area contributed by atoms with Crippen LogP contribution in [0.4, 0.5) is 5.69 Å². The van der Waals surface area contributed by atoms with Gasteiger partial charge in [-0.05, 0) is 68.7 Å². The molecule has 0 saturated carbocycles. The summed E-state index contributed by atoms with van der Waals surface area (Å²) < 4.78 is 26.0. The van der Waals surface area contributed by atoms with Crippen molar-refractivity contribution in [3.05, 3.63) is 64.1 Å². The molecule has 0 aliphatic rings. The molecule has 0 spiro atoms. The number of halogens is 2. The molecule has 0 radical (unpaired) electrons. The van der Waals surface area contributed by atoms with E-state index in [1.165, 1.54) is 9.21 Å². The van der Waals surface area contributed by atoms with Gasteiger partial charge in [0.15, 0.2) is 0 Å². The molecule has 2 rings (SSSR count). The second-order valence-corrected chi connectivity index (χ2v) is 11.3. The van der Waals surface area contributed by atoms with E-state index in [9.17, 15) is 18.0 Å². The van der Waals surface area contributed by atoms with Crippen LogP contribution in [0.3, 0.4) is 0 Å². The van der Waals surface area contributed by atoms with Gasteiger partial charge in [0.25, 0.3) is 0 Å². The number of amides is 2. The Labute approximate surface area is 218 Å². The van der Waals surface area contributed by atoms with Crippen LogP contribution in [0.15, 0.2) is 48.5 Å². The van der Waals surface area contributed by atoms with Crippen LogP contribution in [0.1, 0.15) is 45.6 Å². The Balaban J connectivity index is 2.15. The number of nitrogens with zero attached hydrogens (tertiary/aromatic N) is 2. The molecule has 0 aliphatic carbocycles. The van der Waals surface area contributed by atoms with Crippen molar-refractivity contribution in [1.82, 2.24) is 10.2 Å². The van der Waals surface area contributed by atoms with Crippen LogP contribution in [0.2, 0.25) is 10.0 Å². The molecule has 35 heavy (non-hydrogen) atoms. The Bertz CT molecular complexity index is 1090. The number of carbonyl (C=O) groups is 2. The summed E-state index contributed by atoms with van der Waals surface area (Å²) >= 11 is 11.9. The molecule has 7 nitrogen and oxygen atoms in total. The average Bonchev–Trinajstić information content (AvgIpc) is 2.80. The van der Waals surface area contributed by atoms with E-state index >= 15 is 0 Å². The van der Waals surface area contributed by atoms with E-state index in [-0.39, 0.29) is 43.8 Å². The van der Waals surface area contributed by atoms with Gasteiger partial charge in [0.2, 0.25) is 21.8 Å². The van der Waals surface area contributed by atoms with Crippen LogP contribution in [-0.2, 0) is 26.2 Å². The normalized spacial score (nSPS) is 13.1. The molecule has 2 aromatic carbocycles. The first kappa shape index (κ1) is 28.9. The first-order valence-corrected chi connectivity index (χ1v) is 14.1. The fourth-order valence-electron chi connectivity index (χ4n) is 3.45. The second-order valence-electron chi connectivity index (χ2n) is 8.56. The van der Waals surface area contributed by atoms with E-state index in [0.29, 0.717) is 15.7 Å². The minimum Gasteiger partial charge on any atom is -0.352 e. The molecule has 2 atom stereocenters. The van der Waals surface area contributed by atoms with Gasteiger partial charge in [-0.15, -0.1) is 0 Å². The third-order valence-corrected chi connectivity index (χ3v) is 7.40. The van der Waals surface area contributed by atoms with Crippen molar-refractivity contribution in [2.75, 3.05) is 17.1 Å². The number of hydrogen-bond donors (Lipinski definition) is 1. The highest BCUT2D eigenvalue weighted by molar-refractivity contribution is 7.92. The highest BCUT2D eigenvalue weighted by atomic mass is 35.5. The molecule has 192 valence electrons. The summed E-state index contributed by atoms with van der Waals surface area (Å²) in [7, 11) is -3.56. The van der Waals surface area contributed by atoms with Crippen LogP contribution in [-0.4, -0.2) is 50.0 Å². The Morgan fingerprint density at radius 2 is 1.51 bits per heavy atom. The van der Waals surface area contributed by atoms with Gasteiger partial charge in [-0.25, -0.2) is 8.42 Å². The SMILES string of the molecule is CC[C@H](C)NC(=O)[C@@H](C)N(Cc1ccc(Cl)cc1)C(=O)CCCN(c1ccc(Cl)cc1)S(C)(=O)=O. The third-order valence-electron chi connectivity index (χ3n) is 5.70. The van der Waals surface area contributed by atoms with Gasteiger partial charge in [0.1, 0.15) is 6.04 Å². The monoisotopic (exact) mass is 541 g/mol. The van der Waals surface area contributed by atoms with Gasteiger partial charge in [-0.3, -0.25) is 13.9 Å². The van der Waals surface area contributed by atoms with Gasteiger partial charge in [0, 0.05) is 35.6 Å². The lowest BCUT2D eigenvalue weighted by Gasteiger charge is -2.30. The maximum Gasteiger partial charge on any atom is 0.242 e. The topological polar surface area (TPSA) is 86.8 Å². The molecule has 0 aliphatic heterocycles. The van der Waals surface area contributed by atoms with Gasteiger partial charge in [0.05, 0.1) is 11.9 Å². The molecule has 2 aromatic rings. The van der Waals surface area contributed by atoms with Crippen LogP contribution < -0.4 is 9.62 Å². The van der Waals surface area contributed by atoms with Crippen molar-refractivity contribution in [1.29, 1.82) is 0 Å². The Morgan fingerprint density at radius 3 is 2.03 bits per heavy atom. The zero-order chi connectivity index (χ0) is 26.2. The van der Waals surface area contributed by atoms with Crippen LogP contribution in [0.5, 0.6) is 0 Å². The Hall–Kier alpha value is -2.29. The van der Waals surface area contributed by atoms with Gasteiger partial charge in [-0.2, -0.15) is 0 Å². The number of sulfonamides is 1. The molecule has 0 fully saturated rings. The average molecular weight is 543 g/mol. The number of anilines is 1. The zero-order valence-electron chi connectivity index (χ0n) is 20.5. The molecule has 0 aromatic heterocycles. The fraction of sp³-hybridized carbons (Fsp3) is 0.440. The second kappa shape index (κ2) is 13.1. The van der Waals surface area contributed by atoms with Crippen molar-refractivity contribution >= 4 is 50.7 Å². The standard InChI is InChI=1S/C25H33Cl2N3O4S/c1-5-18(2)28-25(32)19(3)29(17-20-8-10-21(26)11-9-20)24(31)7-6-16-30(35(4,33)34)23-14-12-22(27)13-15-23/h8-15,18-19H,5-7,16-17H2,1-4H3,(H,28,32)/t18-,19+/m0/s1. The van der Waals surface area contributed by atoms with Gasteiger partial charge >= 0.3 is 0 Å². The van der Waals surface area contributed by atoms with Crippen molar-refractivity contribution < 1.29 is 18.0 Å². The minimum absolute atomic E-state index is 0.0138. The predicted molar refractivity (Wildman–Crippen MR) is 142 cm³/mol. The highest BCUT2D eigenvalue weighted by Crippen LogP contribution is 2.21. The summed E-state index contributed by atoms with van der Waals surface area (Å²) in [5.41, 5.74) is 1.31. The Kier molecular flexibility index (Phi) is 10.9. The molecule has 0 saturated heterocycles. The van der Waals surface area contributed by atoms with Crippen molar-refractivity contribution in [2.24, 2.45) is 0 Å². The number of hydrogen-bond acceptors (Lipinski definition) is 4. The van der Waals surface area contributed by atoms with Crippen LogP contribution in [0.25, 0.3) is 0 Å². The minimum atomic E-state index is -3.56. The van der Waals surface area contributed by atoms with Crippen molar-refractivity contribution in [2.45, 2.75) is 58.7 Å². The molecular weight excluding hydrogens is 509 g/mol. The highest BCUT2D eigenvalue weighted by Gasteiger charge is 2.27.